The van der Waals surface area contributed by atoms with Crippen LogP contribution in [0.4, 0.5) is 0 Å². The summed E-state index contributed by atoms with van der Waals surface area (Å²) in [6, 6.07) is 18.1. The van der Waals surface area contributed by atoms with Crippen LogP contribution < -0.4 is 4.74 Å². The first kappa shape index (κ1) is 19.2. The molecule has 0 aliphatic heterocycles. The second-order valence-electron chi connectivity index (χ2n) is 6.65. The molecule has 4 aromatic rings. The molecule has 0 unspecified atom stereocenters. The number of ether oxygens (including phenoxy) is 2. The Kier molecular flexibility index (Phi) is 5.58. The van der Waals surface area contributed by atoms with Crippen LogP contribution in [-0.4, -0.2) is 24.7 Å². The third-order valence-corrected chi connectivity index (χ3v) is 5.85. The fourth-order valence-electron chi connectivity index (χ4n) is 3.33. The molecular weight excluding hydrogens is 382 g/mol. The zero-order chi connectivity index (χ0) is 20.2. The third kappa shape index (κ3) is 4.15. The van der Waals surface area contributed by atoms with Crippen LogP contribution >= 0.6 is 11.3 Å². The molecule has 0 saturated heterocycles. The molecule has 0 saturated carbocycles. The number of esters is 1. The van der Waals surface area contributed by atoms with Gasteiger partial charge in [0, 0.05) is 22.2 Å². The number of aromatic nitrogens is 1. The SMILES string of the molecule is CCOC(=O)c1cccc(-c2cccc3cc(Cc4cncc(OC)c4)sc23)c1. The molecule has 0 fully saturated rings. The molecule has 0 aliphatic carbocycles. The van der Waals surface area contributed by atoms with Crippen LogP contribution in [0.5, 0.6) is 5.75 Å². The van der Waals surface area contributed by atoms with Gasteiger partial charge in [0.25, 0.3) is 0 Å². The van der Waals surface area contributed by atoms with Gasteiger partial charge in [0.15, 0.2) is 0 Å². The summed E-state index contributed by atoms with van der Waals surface area (Å²) in [5.74, 6) is 0.471. The van der Waals surface area contributed by atoms with Gasteiger partial charge in [-0.1, -0.05) is 30.3 Å². The van der Waals surface area contributed by atoms with Gasteiger partial charge < -0.3 is 9.47 Å². The Hall–Kier alpha value is -3.18. The first-order valence-electron chi connectivity index (χ1n) is 9.45. The van der Waals surface area contributed by atoms with E-state index in [4.69, 9.17) is 9.47 Å². The largest absolute Gasteiger partial charge is 0.495 e. The summed E-state index contributed by atoms with van der Waals surface area (Å²) >= 11 is 1.77. The van der Waals surface area contributed by atoms with Gasteiger partial charge >= 0.3 is 5.97 Å². The van der Waals surface area contributed by atoms with Crippen LogP contribution in [0.1, 0.15) is 27.7 Å². The van der Waals surface area contributed by atoms with E-state index in [0.717, 1.165) is 28.9 Å². The summed E-state index contributed by atoms with van der Waals surface area (Å²) in [7, 11) is 1.65. The highest BCUT2D eigenvalue weighted by molar-refractivity contribution is 7.19. The van der Waals surface area contributed by atoms with Crippen molar-refractivity contribution in [2.45, 2.75) is 13.3 Å². The molecule has 0 N–H and O–H groups in total. The number of rotatable bonds is 6. The number of pyridine rings is 1. The number of nitrogens with zero attached hydrogens (tertiary/aromatic N) is 1. The lowest BCUT2D eigenvalue weighted by atomic mass is 10.0. The van der Waals surface area contributed by atoms with Crippen molar-refractivity contribution in [1.29, 1.82) is 0 Å². The Morgan fingerprint density at radius 1 is 1.07 bits per heavy atom. The highest BCUT2D eigenvalue weighted by atomic mass is 32.1. The molecule has 29 heavy (non-hydrogen) atoms. The van der Waals surface area contributed by atoms with E-state index in [9.17, 15) is 4.79 Å². The molecule has 2 heterocycles. The van der Waals surface area contributed by atoms with E-state index in [1.54, 1.807) is 30.7 Å². The monoisotopic (exact) mass is 403 g/mol. The van der Waals surface area contributed by atoms with Gasteiger partial charge in [0.2, 0.25) is 0 Å². The molecule has 0 radical (unpaired) electrons. The summed E-state index contributed by atoms with van der Waals surface area (Å²) in [5, 5.41) is 1.19. The number of hydrogen-bond donors (Lipinski definition) is 0. The van der Waals surface area contributed by atoms with Gasteiger partial charge in [0.05, 0.1) is 25.5 Å². The quantitative estimate of drug-likeness (QED) is 0.385. The molecule has 0 bridgehead atoms. The van der Waals surface area contributed by atoms with E-state index < -0.39 is 0 Å². The lowest BCUT2D eigenvalue weighted by molar-refractivity contribution is 0.0526. The van der Waals surface area contributed by atoms with Crippen LogP contribution in [0, 0.1) is 0 Å². The van der Waals surface area contributed by atoms with Crippen molar-refractivity contribution in [2.75, 3.05) is 13.7 Å². The van der Waals surface area contributed by atoms with E-state index in [2.05, 4.69) is 29.2 Å². The van der Waals surface area contributed by atoms with E-state index in [1.165, 1.54) is 15.0 Å². The fraction of sp³-hybridized carbons (Fsp3) is 0.167. The average Bonchev–Trinajstić information content (AvgIpc) is 3.16. The molecule has 0 amide bonds. The van der Waals surface area contributed by atoms with Crippen molar-refractivity contribution >= 4 is 27.4 Å². The minimum Gasteiger partial charge on any atom is -0.495 e. The minimum atomic E-state index is -0.293. The van der Waals surface area contributed by atoms with E-state index in [1.807, 2.05) is 37.4 Å². The predicted molar refractivity (Wildman–Crippen MR) is 117 cm³/mol. The van der Waals surface area contributed by atoms with Crippen molar-refractivity contribution in [3.63, 3.8) is 0 Å². The Morgan fingerprint density at radius 2 is 1.93 bits per heavy atom. The molecule has 2 aromatic carbocycles. The van der Waals surface area contributed by atoms with E-state index >= 15 is 0 Å². The average molecular weight is 404 g/mol. The number of fused-ring (bicyclic) bond motifs is 1. The third-order valence-electron chi connectivity index (χ3n) is 4.66. The van der Waals surface area contributed by atoms with E-state index in [0.29, 0.717) is 12.2 Å². The van der Waals surface area contributed by atoms with Gasteiger partial charge in [-0.2, -0.15) is 0 Å². The molecule has 0 spiro atoms. The van der Waals surface area contributed by atoms with E-state index in [-0.39, 0.29) is 5.97 Å². The molecular formula is C24H21NO3S. The van der Waals surface area contributed by atoms with Crippen molar-refractivity contribution < 1.29 is 14.3 Å². The molecule has 4 nitrogen and oxygen atoms in total. The number of hydrogen-bond acceptors (Lipinski definition) is 5. The maximum atomic E-state index is 12.1. The van der Waals surface area contributed by atoms with Crippen LogP contribution in [0.25, 0.3) is 21.2 Å². The number of thiophene rings is 1. The standard InChI is InChI=1S/C24H21NO3S/c1-3-28-24(26)19-8-4-6-17(12-19)22-9-5-7-18-13-21(29-23(18)22)11-16-10-20(27-2)15-25-14-16/h4-10,12-15H,3,11H2,1-2H3. The molecule has 4 rings (SSSR count). The van der Waals surface area contributed by atoms with Gasteiger partial charge in [-0.05, 0) is 53.3 Å². The van der Waals surface area contributed by atoms with Crippen LogP contribution in [0.3, 0.4) is 0 Å². The lowest BCUT2D eigenvalue weighted by Gasteiger charge is -2.06. The lowest BCUT2D eigenvalue weighted by Crippen LogP contribution is -2.04. The first-order valence-corrected chi connectivity index (χ1v) is 10.3. The second kappa shape index (κ2) is 8.45. The Bertz CT molecular complexity index is 1170. The molecule has 0 aliphatic rings. The van der Waals surface area contributed by atoms with Crippen molar-refractivity contribution in [3.8, 4) is 16.9 Å². The smallest absolute Gasteiger partial charge is 0.338 e. The summed E-state index contributed by atoms with van der Waals surface area (Å²) in [5.41, 5.74) is 3.81. The normalized spacial score (nSPS) is 10.8. The molecule has 5 heteroatoms. The minimum absolute atomic E-state index is 0.293. The maximum absolute atomic E-state index is 12.1. The highest BCUT2D eigenvalue weighted by Crippen LogP contribution is 2.36. The molecule has 2 aromatic heterocycles. The Balaban J connectivity index is 1.70. The maximum Gasteiger partial charge on any atom is 0.338 e. The molecule has 146 valence electrons. The fourth-order valence-corrected chi connectivity index (χ4v) is 4.56. The first-order chi connectivity index (χ1) is 14.2. The van der Waals surface area contributed by atoms with Gasteiger partial charge in [-0.3, -0.25) is 4.98 Å². The van der Waals surface area contributed by atoms with Gasteiger partial charge in [0.1, 0.15) is 5.75 Å². The van der Waals surface area contributed by atoms with Crippen LogP contribution in [0.2, 0.25) is 0 Å². The van der Waals surface area contributed by atoms with Gasteiger partial charge in [-0.25, -0.2) is 4.79 Å². The summed E-state index contributed by atoms with van der Waals surface area (Å²) in [6.45, 7) is 2.18. The number of carbonyl (C=O) groups is 1. The number of methoxy groups -OCH3 is 1. The number of carbonyl (C=O) groups excluding carboxylic acids is 1. The Labute approximate surface area is 173 Å². The van der Waals surface area contributed by atoms with Crippen molar-refractivity contribution in [1.82, 2.24) is 4.98 Å². The zero-order valence-corrected chi connectivity index (χ0v) is 17.2. The Morgan fingerprint density at radius 3 is 2.76 bits per heavy atom. The topological polar surface area (TPSA) is 48.4 Å². The van der Waals surface area contributed by atoms with Crippen molar-refractivity contribution in [3.05, 3.63) is 83.0 Å². The second-order valence-corrected chi connectivity index (χ2v) is 7.78. The highest BCUT2D eigenvalue weighted by Gasteiger charge is 2.12. The van der Waals surface area contributed by atoms with Crippen molar-refractivity contribution in [2.24, 2.45) is 0 Å². The van der Waals surface area contributed by atoms with Crippen LogP contribution in [0.15, 0.2) is 67.0 Å². The zero-order valence-electron chi connectivity index (χ0n) is 16.3. The summed E-state index contributed by atoms with van der Waals surface area (Å²) in [6.07, 6.45) is 4.38. The number of benzene rings is 2. The summed E-state index contributed by atoms with van der Waals surface area (Å²) in [4.78, 5) is 17.6. The summed E-state index contributed by atoms with van der Waals surface area (Å²) < 4.78 is 11.6. The van der Waals surface area contributed by atoms with Gasteiger partial charge in [-0.15, -0.1) is 11.3 Å². The van der Waals surface area contributed by atoms with Crippen LogP contribution in [-0.2, 0) is 11.2 Å². The predicted octanol–water partition coefficient (Wildman–Crippen LogP) is 5.74. The molecule has 0 atom stereocenters.